The van der Waals surface area contributed by atoms with Crippen LogP contribution in [0.1, 0.15) is 0 Å². The topological polar surface area (TPSA) is 52.8 Å². The second-order valence-corrected chi connectivity index (χ2v) is 2.63. The minimum Gasteiger partial charge on any atom is -0.467 e. The van der Waals surface area contributed by atoms with Crippen molar-refractivity contribution in [1.82, 2.24) is 19.7 Å². The standard InChI is InChI=1S/C8H6F2N4O/c1-15-8-11-3-6(10)7(13-8)14-4-5(9)2-12-14/h2-4H,1H3. The van der Waals surface area contributed by atoms with Gasteiger partial charge in [0.1, 0.15) is 0 Å². The van der Waals surface area contributed by atoms with Crippen molar-refractivity contribution in [2.75, 3.05) is 7.11 Å². The van der Waals surface area contributed by atoms with Crippen molar-refractivity contribution >= 4 is 0 Å². The highest BCUT2D eigenvalue weighted by atomic mass is 19.1. The third-order valence-corrected chi connectivity index (χ3v) is 1.65. The van der Waals surface area contributed by atoms with Gasteiger partial charge in [0.25, 0.3) is 0 Å². The van der Waals surface area contributed by atoms with E-state index in [2.05, 4.69) is 15.1 Å². The van der Waals surface area contributed by atoms with Crippen LogP contribution in [0.4, 0.5) is 8.78 Å². The van der Waals surface area contributed by atoms with Crippen LogP contribution in [0.3, 0.4) is 0 Å². The molecule has 2 aromatic heterocycles. The molecule has 0 amide bonds. The Hall–Kier alpha value is -2.05. The fraction of sp³-hybridized carbons (Fsp3) is 0.125. The number of methoxy groups -OCH3 is 1. The molecule has 2 aromatic rings. The highest BCUT2D eigenvalue weighted by molar-refractivity contribution is 5.23. The number of nitrogens with zero attached hydrogens (tertiary/aromatic N) is 4. The lowest BCUT2D eigenvalue weighted by Gasteiger charge is -2.02. The largest absolute Gasteiger partial charge is 0.467 e. The molecule has 0 N–H and O–H groups in total. The molecule has 0 saturated carbocycles. The van der Waals surface area contributed by atoms with Gasteiger partial charge in [0.2, 0.25) is 0 Å². The highest BCUT2D eigenvalue weighted by Gasteiger charge is 2.10. The molecule has 2 rings (SSSR count). The number of halogens is 2. The molecule has 0 unspecified atom stereocenters. The van der Waals surface area contributed by atoms with Gasteiger partial charge in [0, 0.05) is 0 Å². The summed E-state index contributed by atoms with van der Waals surface area (Å²) >= 11 is 0. The highest BCUT2D eigenvalue weighted by Crippen LogP contribution is 2.12. The van der Waals surface area contributed by atoms with Gasteiger partial charge in [-0.1, -0.05) is 0 Å². The lowest BCUT2D eigenvalue weighted by atomic mass is 10.5. The first-order chi connectivity index (χ1) is 7.20. The number of hydrogen-bond acceptors (Lipinski definition) is 4. The predicted octanol–water partition coefficient (Wildman–Crippen LogP) is 0.949. The Bertz CT molecular complexity index is 485. The van der Waals surface area contributed by atoms with Gasteiger partial charge in [0.05, 0.1) is 25.7 Å². The summed E-state index contributed by atoms with van der Waals surface area (Å²) in [6.45, 7) is 0. The van der Waals surface area contributed by atoms with Crippen LogP contribution >= 0.6 is 0 Å². The monoisotopic (exact) mass is 212 g/mol. The van der Waals surface area contributed by atoms with Crippen molar-refractivity contribution in [2.45, 2.75) is 0 Å². The van der Waals surface area contributed by atoms with E-state index in [-0.39, 0.29) is 11.8 Å². The number of aromatic nitrogens is 4. The molecular weight excluding hydrogens is 206 g/mol. The molecule has 0 spiro atoms. The molecule has 0 bridgehead atoms. The molecule has 7 heteroatoms. The van der Waals surface area contributed by atoms with E-state index in [0.717, 1.165) is 23.3 Å². The SMILES string of the molecule is COc1ncc(F)c(-n2cc(F)cn2)n1. The van der Waals surface area contributed by atoms with E-state index in [0.29, 0.717) is 0 Å². The Morgan fingerprint density at radius 2 is 2.13 bits per heavy atom. The molecule has 78 valence electrons. The smallest absolute Gasteiger partial charge is 0.318 e. The summed E-state index contributed by atoms with van der Waals surface area (Å²) in [7, 11) is 1.35. The van der Waals surface area contributed by atoms with Crippen molar-refractivity contribution < 1.29 is 13.5 Å². The molecule has 5 nitrogen and oxygen atoms in total. The van der Waals surface area contributed by atoms with Gasteiger partial charge in [-0.05, 0) is 0 Å². The van der Waals surface area contributed by atoms with Crippen molar-refractivity contribution in [3.8, 4) is 11.8 Å². The van der Waals surface area contributed by atoms with Crippen LogP contribution in [0.25, 0.3) is 5.82 Å². The maximum atomic E-state index is 13.2. The summed E-state index contributed by atoms with van der Waals surface area (Å²) in [5.74, 6) is -1.45. The first kappa shape index (κ1) is 9.50. The van der Waals surface area contributed by atoms with Crippen LogP contribution in [0, 0.1) is 11.6 Å². The zero-order valence-electron chi connectivity index (χ0n) is 7.69. The fourth-order valence-electron chi connectivity index (χ4n) is 1.02. The Balaban J connectivity index is 2.51. The van der Waals surface area contributed by atoms with Crippen LogP contribution in [0.5, 0.6) is 6.01 Å². The Morgan fingerprint density at radius 3 is 2.73 bits per heavy atom. The van der Waals surface area contributed by atoms with E-state index >= 15 is 0 Å². The lowest BCUT2D eigenvalue weighted by Crippen LogP contribution is -2.04. The van der Waals surface area contributed by atoms with Gasteiger partial charge in [-0.3, -0.25) is 0 Å². The summed E-state index contributed by atoms with van der Waals surface area (Å²) in [4.78, 5) is 7.25. The average Bonchev–Trinajstić information content (AvgIpc) is 2.65. The summed E-state index contributed by atoms with van der Waals surface area (Å²) in [6, 6.07) is -0.0118. The third-order valence-electron chi connectivity index (χ3n) is 1.65. The van der Waals surface area contributed by atoms with Gasteiger partial charge < -0.3 is 4.74 Å². The first-order valence-corrected chi connectivity index (χ1v) is 3.98. The second-order valence-electron chi connectivity index (χ2n) is 2.63. The molecule has 15 heavy (non-hydrogen) atoms. The second kappa shape index (κ2) is 3.60. The van der Waals surface area contributed by atoms with Crippen LogP contribution in [-0.2, 0) is 0 Å². The zero-order valence-corrected chi connectivity index (χ0v) is 7.69. The minimum atomic E-state index is -0.709. The van der Waals surface area contributed by atoms with Crippen molar-refractivity contribution in [3.05, 3.63) is 30.2 Å². The van der Waals surface area contributed by atoms with Gasteiger partial charge in [0.15, 0.2) is 17.5 Å². The Morgan fingerprint density at radius 1 is 1.33 bits per heavy atom. The summed E-state index contributed by atoms with van der Waals surface area (Å²) in [6.07, 6.45) is 2.89. The predicted molar refractivity (Wildman–Crippen MR) is 45.6 cm³/mol. The van der Waals surface area contributed by atoms with E-state index in [9.17, 15) is 8.78 Å². The van der Waals surface area contributed by atoms with E-state index in [1.807, 2.05) is 0 Å². The first-order valence-electron chi connectivity index (χ1n) is 3.98. The number of hydrogen-bond donors (Lipinski definition) is 0. The van der Waals surface area contributed by atoms with E-state index in [1.54, 1.807) is 0 Å². The van der Waals surface area contributed by atoms with Crippen molar-refractivity contribution in [3.63, 3.8) is 0 Å². The Kier molecular flexibility index (Phi) is 2.28. The van der Waals surface area contributed by atoms with Crippen LogP contribution in [0.15, 0.2) is 18.6 Å². The summed E-state index contributed by atoms with van der Waals surface area (Å²) < 4.78 is 31.6. The van der Waals surface area contributed by atoms with Crippen molar-refractivity contribution in [1.29, 1.82) is 0 Å². The zero-order chi connectivity index (χ0) is 10.8. The molecule has 2 heterocycles. The number of ether oxygens (including phenoxy) is 1. The summed E-state index contributed by atoms with van der Waals surface area (Å²) in [5, 5.41) is 3.58. The van der Waals surface area contributed by atoms with Gasteiger partial charge >= 0.3 is 6.01 Å². The molecule has 0 saturated heterocycles. The molecule has 0 aliphatic carbocycles. The normalized spacial score (nSPS) is 10.3. The van der Waals surface area contributed by atoms with Gasteiger partial charge in [-0.25, -0.2) is 18.4 Å². The van der Waals surface area contributed by atoms with Crippen LogP contribution in [-0.4, -0.2) is 26.9 Å². The lowest BCUT2D eigenvalue weighted by molar-refractivity contribution is 0.375. The van der Waals surface area contributed by atoms with Gasteiger partial charge in [-0.15, -0.1) is 0 Å². The maximum Gasteiger partial charge on any atom is 0.318 e. The van der Waals surface area contributed by atoms with E-state index < -0.39 is 11.6 Å². The third kappa shape index (κ3) is 1.76. The Labute approximate surface area is 83.3 Å². The molecule has 0 atom stereocenters. The molecule has 0 aliphatic rings. The molecule has 0 aliphatic heterocycles. The average molecular weight is 212 g/mol. The molecular formula is C8H6F2N4O. The molecule has 0 radical (unpaired) electrons. The van der Waals surface area contributed by atoms with Gasteiger partial charge in [-0.2, -0.15) is 10.1 Å². The van der Waals surface area contributed by atoms with Crippen LogP contribution in [0.2, 0.25) is 0 Å². The quantitative estimate of drug-likeness (QED) is 0.743. The maximum absolute atomic E-state index is 13.2. The summed E-state index contributed by atoms with van der Waals surface area (Å²) in [5.41, 5.74) is 0. The molecule has 0 aromatic carbocycles. The molecule has 0 fully saturated rings. The van der Waals surface area contributed by atoms with Crippen LogP contribution < -0.4 is 4.74 Å². The van der Waals surface area contributed by atoms with Crippen molar-refractivity contribution in [2.24, 2.45) is 0 Å². The number of rotatable bonds is 2. The minimum absolute atomic E-state index is 0.0118. The fourth-order valence-corrected chi connectivity index (χ4v) is 1.02. The van der Waals surface area contributed by atoms with E-state index in [4.69, 9.17) is 4.74 Å². The van der Waals surface area contributed by atoms with E-state index in [1.165, 1.54) is 7.11 Å².